The monoisotopic (exact) mass is 213 g/mol. The number of rotatable bonds is 2. The maximum Gasteiger partial charge on any atom is 0.319 e. The first-order valence-electron chi connectivity index (χ1n) is 4.91. The lowest BCUT2D eigenvalue weighted by Gasteiger charge is -2.33. The van der Waals surface area contributed by atoms with Gasteiger partial charge in [0.15, 0.2) is 0 Å². The Morgan fingerprint density at radius 1 is 1.71 bits per heavy atom. The lowest BCUT2D eigenvalue weighted by atomic mass is 9.98. The van der Waals surface area contributed by atoms with Crippen LogP contribution >= 0.6 is 11.8 Å². The molecular formula is C10H15NO2S. The van der Waals surface area contributed by atoms with E-state index < -0.39 is 0 Å². The van der Waals surface area contributed by atoms with E-state index in [1.165, 1.54) is 13.5 Å². The van der Waals surface area contributed by atoms with E-state index in [2.05, 4.69) is 21.1 Å². The van der Waals surface area contributed by atoms with Gasteiger partial charge >= 0.3 is 5.97 Å². The average Bonchev–Trinajstić information content (AvgIpc) is 2.64. The molecule has 2 rings (SSSR count). The number of esters is 1. The molecule has 2 aliphatic rings. The molecule has 1 saturated heterocycles. The molecule has 0 saturated carbocycles. The normalized spacial score (nSPS) is 31.5. The van der Waals surface area contributed by atoms with Crippen molar-refractivity contribution < 1.29 is 9.53 Å². The van der Waals surface area contributed by atoms with Gasteiger partial charge in [0.05, 0.1) is 13.7 Å². The number of carbonyl (C=O) groups is 1. The minimum Gasteiger partial charge on any atom is -0.468 e. The van der Waals surface area contributed by atoms with Gasteiger partial charge in [-0.05, 0) is 18.4 Å². The molecule has 3 nitrogen and oxygen atoms in total. The molecule has 4 heteroatoms. The summed E-state index contributed by atoms with van der Waals surface area (Å²) in [6.45, 7) is 2.46. The Morgan fingerprint density at radius 3 is 3.36 bits per heavy atom. The average molecular weight is 213 g/mol. The van der Waals surface area contributed by atoms with Crippen LogP contribution in [0.5, 0.6) is 0 Å². The van der Waals surface area contributed by atoms with Gasteiger partial charge in [-0.15, -0.1) is 11.8 Å². The van der Waals surface area contributed by atoms with Gasteiger partial charge in [-0.3, -0.25) is 9.69 Å². The summed E-state index contributed by atoms with van der Waals surface area (Å²) in [7, 11) is 1.44. The van der Waals surface area contributed by atoms with E-state index in [0.717, 1.165) is 18.3 Å². The number of fused-ring (bicyclic) bond motifs is 1. The number of thioether (sulfide) groups is 1. The Bertz CT molecular complexity index is 255. The summed E-state index contributed by atoms with van der Waals surface area (Å²) >= 11 is 1.93. The molecule has 0 amide bonds. The summed E-state index contributed by atoms with van der Waals surface area (Å²) in [6, 6.07) is 0. The van der Waals surface area contributed by atoms with Gasteiger partial charge in [0, 0.05) is 17.7 Å². The second kappa shape index (κ2) is 4.36. The van der Waals surface area contributed by atoms with E-state index in [4.69, 9.17) is 0 Å². The highest BCUT2D eigenvalue weighted by molar-refractivity contribution is 8.03. The van der Waals surface area contributed by atoms with Crippen LogP contribution in [0.25, 0.3) is 0 Å². The summed E-state index contributed by atoms with van der Waals surface area (Å²) in [4.78, 5) is 13.3. The molecule has 0 aromatic rings. The van der Waals surface area contributed by atoms with E-state index in [1.807, 2.05) is 11.8 Å². The number of hydrogen-bond acceptors (Lipinski definition) is 4. The van der Waals surface area contributed by atoms with Gasteiger partial charge in [0.2, 0.25) is 0 Å². The minimum atomic E-state index is -0.127. The number of hydrogen-bond donors (Lipinski definition) is 0. The van der Waals surface area contributed by atoms with Crippen molar-refractivity contribution in [3.8, 4) is 0 Å². The predicted octanol–water partition coefficient (Wildman–Crippen LogP) is 1.11. The fourth-order valence-electron chi connectivity index (χ4n) is 2.02. The Balaban J connectivity index is 1.85. The molecule has 0 aromatic carbocycles. The van der Waals surface area contributed by atoms with E-state index >= 15 is 0 Å². The molecule has 0 radical (unpaired) electrons. The topological polar surface area (TPSA) is 29.5 Å². The second-order valence-electron chi connectivity index (χ2n) is 3.77. The molecule has 0 spiro atoms. The number of ether oxygens (including phenoxy) is 1. The Morgan fingerprint density at radius 2 is 2.57 bits per heavy atom. The van der Waals surface area contributed by atoms with Crippen LogP contribution in [0.3, 0.4) is 0 Å². The zero-order valence-electron chi connectivity index (χ0n) is 8.31. The highest BCUT2D eigenvalue weighted by Crippen LogP contribution is 2.35. The van der Waals surface area contributed by atoms with Crippen molar-refractivity contribution in [1.29, 1.82) is 0 Å². The lowest BCUT2D eigenvalue weighted by molar-refractivity contribution is -0.142. The quantitative estimate of drug-likeness (QED) is 0.643. The van der Waals surface area contributed by atoms with Crippen molar-refractivity contribution in [2.75, 3.05) is 26.7 Å². The first kappa shape index (κ1) is 10.1. The molecule has 0 N–H and O–H groups in total. The molecule has 0 aromatic heterocycles. The number of likely N-dealkylation sites (tertiary alicyclic amines) is 1. The van der Waals surface area contributed by atoms with Crippen LogP contribution in [0.4, 0.5) is 0 Å². The van der Waals surface area contributed by atoms with Crippen molar-refractivity contribution in [2.45, 2.75) is 11.7 Å². The third-order valence-electron chi connectivity index (χ3n) is 2.84. The fourth-order valence-corrected chi connectivity index (χ4v) is 3.14. The zero-order chi connectivity index (χ0) is 9.97. The van der Waals surface area contributed by atoms with Gasteiger partial charge in [0.25, 0.3) is 0 Å². The van der Waals surface area contributed by atoms with Gasteiger partial charge in [0.1, 0.15) is 0 Å². The van der Waals surface area contributed by atoms with Gasteiger partial charge < -0.3 is 4.74 Å². The molecule has 2 heterocycles. The van der Waals surface area contributed by atoms with E-state index in [1.54, 1.807) is 0 Å². The van der Waals surface area contributed by atoms with Crippen LogP contribution in [0.1, 0.15) is 6.42 Å². The zero-order valence-corrected chi connectivity index (χ0v) is 9.13. The van der Waals surface area contributed by atoms with E-state index in [9.17, 15) is 4.79 Å². The van der Waals surface area contributed by atoms with Gasteiger partial charge in [-0.25, -0.2) is 0 Å². The molecule has 0 bridgehead atoms. The molecule has 1 fully saturated rings. The smallest absolute Gasteiger partial charge is 0.319 e. The van der Waals surface area contributed by atoms with Crippen molar-refractivity contribution >= 4 is 17.7 Å². The summed E-state index contributed by atoms with van der Waals surface area (Å²) in [5.41, 5.74) is 0. The fraction of sp³-hybridized carbons (Fsp3) is 0.700. The van der Waals surface area contributed by atoms with Crippen LogP contribution < -0.4 is 0 Å². The number of piperidine rings is 1. The molecule has 2 atom stereocenters. The van der Waals surface area contributed by atoms with Crippen LogP contribution in [-0.4, -0.2) is 42.9 Å². The molecule has 0 aliphatic carbocycles. The van der Waals surface area contributed by atoms with Crippen LogP contribution in [-0.2, 0) is 9.53 Å². The number of nitrogens with zero attached hydrogens (tertiary/aromatic N) is 1. The first-order valence-corrected chi connectivity index (χ1v) is 5.85. The third-order valence-corrected chi connectivity index (χ3v) is 4.09. The van der Waals surface area contributed by atoms with Crippen molar-refractivity contribution in [3.05, 3.63) is 11.5 Å². The molecule has 2 aliphatic heterocycles. The summed E-state index contributed by atoms with van der Waals surface area (Å²) in [5, 5.41) is 2.95. The third kappa shape index (κ3) is 2.12. The van der Waals surface area contributed by atoms with Gasteiger partial charge in [-0.1, -0.05) is 6.08 Å². The number of methoxy groups -OCH3 is 1. The summed E-state index contributed by atoms with van der Waals surface area (Å²) < 4.78 is 4.66. The lowest BCUT2D eigenvalue weighted by Crippen LogP contribution is -2.42. The van der Waals surface area contributed by atoms with Gasteiger partial charge in [-0.2, -0.15) is 0 Å². The highest BCUT2D eigenvalue weighted by atomic mass is 32.2. The molecule has 2 unspecified atom stereocenters. The summed E-state index contributed by atoms with van der Waals surface area (Å²) in [6.07, 6.45) is 3.44. The minimum absolute atomic E-state index is 0.127. The van der Waals surface area contributed by atoms with E-state index in [-0.39, 0.29) is 5.97 Å². The van der Waals surface area contributed by atoms with Crippen LogP contribution in [0, 0.1) is 5.92 Å². The van der Waals surface area contributed by atoms with Crippen molar-refractivity contribution in [1.82, 2.24) is 4.90 Å². The maximum absolute atomic E-state index is 11.1. The molecule has 78 valence electrons. The van der Waals surface area contributed by atoms with Crippen molar-refractivity contribution in [3.63, 3.8) is 0 Å². The van der Waals surface area contributed by atoms with E-state index in [0.29, 0.717) is 12.5 Å². The Hall–Kier alpha value is -0.480. The second-order valence-corrected chi connectivity index (χ2v) is 4.92. The highest BCUT2D eigenvalue weighted by Gasteiger charge is 2.30. The SMILES string of the molecule is COC(=O)CN1CCC2SC=CC2C1. The maximum atomic E-state index is 11.1. The molecular weight excluding hydrogens is 198 g/mol. The van der Waals surface area contributed by atoms with Crippen LogP contribution in [0.2, 0.25) is 0 Å². The largest absolute Gasteiger partial charge is 0.468 e. The van der Waals surface area contributed by atoms with Crippen molar-refractivity contribution in [2.24, 2.45) is 5.92 Å². The summed E-state index contributed by atoms with van der Waals surface area (Å²) in [5.74, 6) is 0.511. The first-order chi connectivity index (χ1) is 6.79. The standard InChI is InChI=1S/C10H15NO2S/c1-13-10(12)7-11-4-2-9-8(6-11)3-5-14-9/h3,5,8-9H,2,4,6-7H2,1H3. The Labute approximate surface area is 88.5 Å². The molecule has 14 heavy (non-hydrogen) atoms. The Kier molecular flexibility index (Phi) is 3.13. The number of carbonyl (C=O) groups excluding carboxylic acids is 1. The predicted molar refractivity (Wildman–Crippen MR) is 57.1 cm³/mol. The van der Waals surface area contributed by atoms with Crippen LogP contribution in [0.15, 0.2) is 11.5 Å².